The third-order valence-electron chi connectivity index (χ3n) is 4.55. The van der Waals surface area contributed by atoms with E-state index in [0.29, 0.717) is 11.3 Å². The zero-order valence-corrected chi connectivity index (χ0v) is 14.6. The summed E-state index contributed by atoms with van der Waals surface area (Å²) in [6.45, 7) is 0.882. The fraction of sp³-hybridized carbons (Fsp3) is 0.182. The van der Waals surface area contributed by atoms with Crippen LogP contribution in [-0.2, 0) is 13.0 Å². The van der Waals surface area contributed by atoms with E-state index >= 15 is 0 Å². The maximum Gasteiger partial charge on any atom is 0.264 e. The second-order valence-corrected chi connectivity index (χ2v) is 6.33. The monoisotopic (exact) mass is 364 g/mol. The topological polar surface area (TPSA) is 34.5 Å². The Morgan fingerprint density at radius 3 is 2.59 bits per heavy atom. The lowest BCUT2D eigenvalue weighted by molar-refractivity contribution is 0.148. The molecular weight excluding hydrogens is 346 g/mol. The fourth-order valence-corrected chi connectivity index (χ4v) is 3.09. The number of aromatic nitrogens is 1. The molecule has 0 aliphatic carbocycles. The number of pyridine rings is 1. The van der Waals surface area contributed by atoms with Crippen LogP contribution >= 0.6 is 0 Å². The number of hydrogen-bond acceptors (Lipinski definition) is 3. The molecule has 1 aliphatic heterocycles. The van der Waals surface area contributed by atoms with Crippen molar-refractivity contribution in [3.8, 4) is 17.0 Å². The molecule has 0 spiro atoms. The van der Waals surface area contributed by atoms with Crippen LogP contribution in [0.5, 0.6) is 5.75 Å². The second-order valence-electron chi connectivity index (χ2n) is 6.33. The van der Waals surface area contributed by atoms with Crippen LogP contribution in [0.15, 0.2) is 65.7 Å². The van der Waals surface area contributed by atoms with Crippen LogP contribution in [0.2, 0.25) is 0 Å². The van der Waals surface area contributed by atoms with Crippen molar-refractivity contribution in [3.63, 3.8) is 0 Å². The number of ether oxygens (including phenoxy) is 1. The molecule has 0 N–H and O–H groups in total. The number of nitrogens with zero attached hydrogens (tertiary/aromatic N) is 2. The summed E-state index contributed by atoms with van der Waals surface area (Å²) in [6.07, 6.45) is 0.209. The zero-order valence-electron chi connectivity index (χ0n) is 14.6. The van der Waals surface area contributed by atoms with E-state index in [4.69, 9.17) is 9.72 Å². The molecule has 3 nitrogen and oxygen atoms in total. The van der Waals surface area contributed by atoms with Gasteiger partial charge in [-0.25, -0.2) is 8.78 Å². The first kappa shape index (κ1) is 17.3. The molecule has 0 unspecified atom stereocenters. The first-order valence-corrected chi connectivity index (χ1v) is 8.79. The number of alkyl halides is 2. The number of rotatable bonds is 5. The zero-order chi connectivity index (χ0) is 18.6. The number of halogens is 2. The molecule has 0 atom stereocenters. The Kier molecular flexibility index (Phi) is 4.92. The minimum atomic E-state index is -2.51. The Labute approximate surface area is 156 Å². The van der Waals surface area contributed by atoms with Crippen LogP contribution in [-0.4, -0.2) is 17.7 Å². The highest BCUT2D eigenvalue weighted by molar-refractivity contribution is 5.82. The standard InChI is InChI=1S/C22H18F2N2O/c23-22(24)19-4-2-1-3-17(19)14-27-18-8-5-15(6-9-18)20-10-7-16-13-25-12-11-21(16)26-20/h1-10,13,22H,11-12,14H2. The third-order valence-corrected chi connectivity index (χ3v) is 4.55. The molecule has 136 valence electrons. The SMILES string of the molecule is FC(F)c1ccccc1COc1ccc(-c2ccc3c(n2)CCN=C3)cc1. The Morgan fingerprint density at radius 1 is 0.963 bits per heavy atom. The van der Waals surface area contributed by atoms with Gasteiger partial charge in [-0.15, -0.1) is 0 Å². The van der Waals surface area contributed by atoms with Gasteiger partial charge < -0.3 is 4.74 Å². The summed E-state index contributed by atoms with van der Waals surface area (Å²) in [5.74, 6) is 0.632. The van der Waals surface area contributed by atoms with Crippen LogP contribution in [0.3, 0.4) is 0 Å². The van der Waals surface area contributed by atoms with Crippen molar-refractivity contribution < 1.29 is 13.5 Å². The van der Waals surface area contributed by atoms with Crippen molar-refractivity contribution in [3.05, 3.63) is 83.0 Å². The van der Waals surface area contributed by atoms with Crippen molar-refractivity contribution in [1.82, 2.24) is 4.98 Å². The average molecular weight is 364 g/mol. The van der Waals surface area contributed by atoms with Crippen molar-refractivity contribution in [2.75, 3.05) is 6.54 Å². The van der Waals surface area contributed by atoms with Gasteiger partial charge in [0.05, 0.1) is 11.4 Å². The van der Waals surface area contributed by atoms with E-state index < -0.39 is 6.43 Å². The first-order chi connectivity index (χ1) is 13.2. The quantitative estimate of drug-likeness (QED) is 0.620. The fourth-order valence-electron chi connectivity index (χ4n) is 3.09. The van der Waals surface area contributed by atoms with E-state index in [0.717, 1.165) is 35.5 Å². The van der Waals surface area contributed by atoms with Gasteiger partial charge in [0.1, 0.15) is 12.4 Å². The summed E-state index contributed by atoms with van der Waals surface area (Å²) in [5, 5.41) is 0. The molecule has 3 aromatic rings. The van der Waals surface area contributed by atoms with Crippen molar-refractivity contribution >= 4 is 6.21 Å². The summed E-state index contributed by atoms with van der Waals surface area (Å²) in [7, 11) is 0. The van der Waals surface area contributed by atoms with Crippen LogP contribution in [0.4, 0.5) is 8.78 Å². The molecule has 4 rings (SSSR count). The van der Waals surface area contributed by atoms with Gasteiger partial charge in [-0.1, -0.05) is 24.3 Å². The Morgan fingerprint density at radius 2 is 1.78 bits per heavy atom. The van der Waals surface area contributed by atoms with E-state index in [1.165, 1.54) is 6.07 Å². The van der Waals surface area contributed by atoms with Gasteiger partial charge in [0.2, 0.25) is 0 Å². The minimum Gasteiger partial charge on any atom is -0.489 e. The van der Waals surface area contributed by atoms with E-state index in [1.807, 2.05) is 42.6 Å². The van der Waals surface area contributed by atoms with Crippen LogP contribution < -0.4 is 4.74 Å². The Bertz CT molecular complexity index is 968. The summed E-state index contributed by atoms with van der Waals surface area (Å²) < 4.78 is 31.8. The lowest BCUT2D eigenvalue weighted by atomic mass is 10.1. The minimum absolute atomic E-state index is 0.0101. The van der Waals surface area contributed by atoms with Gasteiger partial charge in [-0.05, 0) is 42.0 Å². The first-order valence-electron chi connectivity index (χ1n) is 8.79. The van der Waals surface area contributed by atoms with E-state index in [-0.39, 0.29) is 12.2 Å². The number of benzene rings is 2. The molecule has 0 fully saturated rings. The van der Waals surface area contributed by atoms with Gasteiger partial charge in [0, 0.05) is 35.9 Å². The lowest BCUT2D eigenvalue weighted by Crippen LogP contribution is -2.06. The van der Waals surface area contributed by atoms with Crippen molar-refractivity contribution in [2.45, 2.75) is 19.5 Å². The predicted molar refractivity (Wildman–Crippen MR) is 102 cm³/mol. The van der Waals surface area contributed by atoms with Crippen molar-refractivity contribution in [2.24, 2.45) is 4.99 Å². The largest absolute Gasteiger partial charge is 0.489 e. The summed E-state index contributed by atoms with van der Waals surface area (Å²) in [5.41, 5.74) is 4.53. The van der Waals surface area contributed by atoms with E-state index in [2.05, 4.69) is 4.99 Å². The molecular formula is C22H18F2N2O. The normalized spacial score (nSPS) is 12.9. The Balaban J connectivity index is 1.48. The second kappa shape index (κ2) is 7.66. The van der Waals surface area contributed by atoms with Gasteiger partial charge in [0.25, 0.3) is 6.43 Å². The highest BCUT2D eigenvalue weighted by atomic mass is 19.3. The van der Waals surface area contributed by atoms with Gasteiger partial charge in [-0.2, -0.15) is 0 Å². The summed E-state index contributed by atoms with van der Waals surface area (Å²) in [6, 6.07) is 18.0. The highest BCUT2D eigenvalue weighted by Crippen LogP contribution is 2.26. The van der Waals surface area contributed by atoms with Crippen LogP contribution in [0.1, 0.15) is 28.8 Å². The third kappa shape index (κ3) is 3.87. The smallest absolute Gasteiger partial charge is 0.264 e. The molecule has 0 bridgehead atoms. The van der Waals surface area contributed by atoms with E-state index in [1.54, 1.807) is 18.2 Å². The molecule has 0 radical (unpaired) electrons. The molecule has 2 heterocycles. The molecule has 1 aromatic heterocycles. The number of fused-ring (bicyclic) bond motifs is 1. The van der Waals surface area contributed by atoms with Gasteiger partial charge in [-0.3, -0.25) is 9.98 Å². The molecule has 2 aromatic carbocycles. The Hall–Kier alpha value is -3.08. The average Bonchev–Trinajstić information content (AvgIpc) is 2.72. The lowest BCUT2D eigenvalue weighted by Gasteiger charge is -2.12. The molecule has 0 amide bonds. The maximum atomic E-state index is 13.0. The van der Waals surface area contributed by atoms with Gasteiger partial charge in [0.15, 0.2) is 0 Å². The van der Waals surface area contributed by atoms with Crippen LogP contribution in [0.25, 0.3) is 11.3 Å². The highest BCUT2D eigenvalue weighted by Gasteiger charge is 2.13. The number of hydrogen-bond donors (Lipinski definition) is 0. The van der Waals surface area contributed by atoms with Crippen LogP contribution in [0, 0.1) is 0 Å². The number of aliphatic imine (C=N–C) groups is 1. The van der Waals surface area contributed by atoms with E-state index in [9.17, 15) is 8.78 Å². The summed E-state index contributed by atoms with van der Waals surface area (Å²) in [4.78, 5) is 8.99. The molecule has 1 aliphatic rings. The summed E-state index contributed by atoms with van der Waals surface area (Å²) >= 11 is 0. The van der Waals surface area contributed by atoms with Crippen molar-refractivity contribution in [1.29, 1.82) is 0 Å². The molecule has 0 saturated heterocycles. The maximum absolute atomic E-state index is 13.0. The van der Waals surface area contributed by atoms with Gasteiger partial charge >= 0.3 is 0 Å². The molecule has 27 heavy (non-hydrogen) atoms. The molecule has 5 heteroatoms. The predicted octanol–water partition coefficient (Wildman–Crippen LogP) is 5.24. The molecule has 0 saturated carbocycles.